The third-order valence-electron chi connectivity index (χ3n) is 5.26. The van der Waals surface area contributed by atoms with E-state index in [1.807, 2.05) is 19.9 Å². The van der Waals surface area contributed by atoms with Gasteiger partial charge in [-0.25, -0.2) is 4.98 Å². The largest absolute Gasteiger partial charge is 0.496 e. The average Bonchev–Trinajstić information content (AvgIpc) is 3.37. The topological polar surface area (TPSA) is 89.7 Å². The summed E-state index contributed by atoms with van der Waals surface area (Å²) in [6, 6.07) is 6.35. The molecule has 0 amide bonds. The zero-order valence-corrected chi connectivity index (χ0v) is 16.9. The van der Waals surface area contributed by atoms with Crippen LogP contribution in [0.2, 0.25) is 0 Å². The van der Waals surface area contributed by atoms with Crippen LogP contribution >= 0.6 is 0 Å². The van der Waals surface area contributed by atoms with Gasteiger partial charge in [0.05, 0.1) is 41.1 Å². The van der Waals surface area contributed by atoms with E-state index in [0.29, 0.717) is 33.4 Å². The van der Waals surface area contributed by atoms with E-state index in [0.717, 1.165) is 23.0 Å². The normalized spacial score (nSPS) is 12.0. The van der Waals surface area contributed by atoms with Crippen LogP contribution in [0.4, 0.5) is 8.78 Å². The van der Waals surface area contributed by atoms with Gasteiger partial charge in [0.25, 0.3) is 0 Å². The lowest BCUT2D eigenvalue weighted by Gasteiger charge is -2.12. The van der Waals surface area contributed by atoms with Crippen molar-refractivity contribution in [3.05, 3.63) is 65.7 Å². The summed E-state index contributed by atoms with van der Waals surface area (Å²) in [6.45, 7) is 3.66. The number of hydrogen-bond donors (Lipinski definition) is 1. The van der Waals surface area contributed by atoms with Crippen LogP contribution < -0.4 is 4.74 Å². The number of rotatable bonds is 4. The highest BCUT2D eigenvalue weighted by Crippen LogP contribution is 2.40. The minimum Gasteiger partial charge on any atom is -0.496 e. The molecule has 0 aliphatic rings. The van der Waals surface area contributed by atoms with Gasteiger partial charge in [-0.15, -0.1) is 0 Å². The fourth-order valence-electron chi connectivity index (χ4n) is 3.75. The fourth-order valence-corrected chi connectivity index (χ4v) is 3.75. The lowest BCUT2D eigenvalue weighted by atomic mass is 10.0. The predicted octanol–water partition coefficient (Wildman–Crippen LogP) is 4.93. The predicted molar refractivity (Wildman–Crippen MR) is 110 cm³/mol. The Labute approximate surface area is 175 Å². The zero-order valence-electron chi connectivity index (χ0n) is 16.9. The molecule has 5 rings (SSSR count). The van der Waals surface area contributed by atoms with Crippen molar-refractivity contribution in [1.82, 2.24) is 25.1 Å². The molecule has 0 fully saturated rings. The smallest absolute Gasteiger partial charge is 0.331 e. The summed E-state index contributed by atoms with van der Waals surface area (Å²) in [5.41, 5.74) is 3.41. The minimum absolute atomic E-state index is 0.246. The van der Waals surface area contributed by atoms with Crippen LogP contribution in [0.25, 0.3) is 33.1 Å². The van der Waals surface area contributed by atoms with Crippen LogP contribution in [0.3, 0.4) is 0 Å². The molecule has 5 aromatic rings. The summed E-state index contributed by atoms with van der Waals surface area (Å²) in [4.78, 5) is 15.2. The molecular weight excluding hydrogens is 404 g/mol. The molecular formula is C22H17F2N5O2. The average molecular weight is 421 g/mol. The Morgan fingerprint density at radius 3 is 2.68 bits per heavy atom. The lowest BCUT2D eigenvalue weighted by molar-refractivity contribution is 0.0337. The molecule has 7 nitrogen and oxygen atoms in total. The molecule has 0 spiro atoms. The van der Waals surface area contributed by atoms with Crippen LogP contribution in [0.5, 0.6) is 5.75 Å². The van der Waals surface area contributed by atoms with Gasteiger partial charge in [0.15, 0.2) is 5.82 Å². The molecule has 0 unspecified atom stereocenters. The first-order valence-electron chi connectivity index (χ1n) is 9.48. The number of fused-ring (bicyclic) bond motifs is 3. The number of pyridine rings is 2. The number of aromatic amines is 1. The first kappa shape index (κ1) is 19.1. The van der Waals surface area contributed by atoms with E-state index >= 15 is 8.78 Å². The monoisotopic (exact) mass is 421 g/mol. The first-order chi connectivity index (χ1) is 14.9. The van der Waals surface area contributed by atoms with E-state index in [9.17, 15) is 0 Å². The number of halogens is 2. The SMILES string of the molecule is COc1cc2c(cc1-c1c(C)noc1C)ncc1[nH]c(C(F)(F)c3cccnc3)nc12. The van der Waals surface area contributed by atoms with Crippen LogP contribution in [-0.2, 0) is 5.92 Å². The van der Waals surface area contributed by atoms with Crippen LogP contribution in [0.15, 0.2) is 47.4 Å². The third kappa shape index (κ3) is 2.92. The van der Waals surface area contributed by atoms with Crippen molar-refractivity contribution in [1.29, 1.82) is 0 Å². The molecule has 0 aliphatic heterocycles. The Morgan fingerprint density at radius 1 is 1.16 bits per heavy atom. The van der Waals surface area contributed by atoms with Crippen molar-refractivity contribution in [3.8, 4) is 16.9 Å². The van der Waals surface area contributed by atoms with Gasteiger partial charge in [-0.1, -0.05) is 5.16 Å². The molecule has 0 radical (unpaired) electrons. The second-order valence-corrected chi connectivity index (χ2v) is 7.19. The van der Waals surface area contributed by atoms with E-state index in [-0.39, 0.29) is 5.56 Å². The van der Waals surface area contributed by atoms with E-state index in [4.69, 9.17) is 9.26 Å². The highest BCUT2D eigenvalue weighted by molar-refractivity contribution is 6.04. The maximum absolute atomic E-state index is 15.0. The highest BCUT2D eigenvalue weighted by atomic mass is 19.3. The number of nitrogens with one attached hydrogen (secondary N) is 1. The molecule has 0 aliphatic carbocycles. The molecule has 4 heterocycles. The molecule has 31 heavy (non-hydrogen) atoms. The molecule has 1 N–H and O–H groups in total. The number of alkyl halides is 2. The molecule has 0 atom stereocenters. The summed E-state index contributed by atoms with van der Waals surface area (Å²) < 4.78 is 40.9. The molecule has 0 bridgehead atoms. The number of hydrogen-bond acceptors (Lipinski definition) is 6. The van der Waals surface area contributed by atoms with Gasteiger partial charge >= 0.3 is 5.92 Å². The van der Waals surface area contributed by atoms with Gasteiger partial charge in [0.2, 0.25) is 0 Å². The van der Waals surface area contributed by atoms with Crippen molar-refractivity contribution < 1.29 is 18.0 Å². The Hall–Kier alpha value is -3.88. The number of imidazole rings is 1. The number of benzene rings is 1. The Morgan fingerprint density at radius 2 is 2.00 bits per heavy atom. The quantitative estimate of drug-likeness (QED) is 0.443. The van der Waals surface area contributed by atoms with E-state index < -0.39 is 11.7 Å². The number of aryl methyl sites for hydroxylation is 2. The summed E-state index contributed by atoms with van der Waals surface area (Å²) >= 11 is 0. The van der Waals surface area contributed by atoms with Crippen molar-refractivity contribution >= 4 is 21.9 Å². The van der Waals surface area contributed by atoms with Crippen LogP contribution in [0.1, 0.15) is 22.8 Å². The van der Waals surface area contributed by atoms with E-state index in [1.165, 1.54) is 24.5 Å². The van der Waals surface area contributed by atoms with Crippen molar-refractivity contribution in [2.45, 2.75) is 19.8 Å². The van der Waals surface area contributed by atoms with Gasteiger partial charge in [-0.05, 0) is 38.1 Å². The molecule has 9 heteroatoms. The standard InChI is InChI=1S/C22H17F2N5O2/c1-11-19(12(2)31-29-11)15-7-16-14(8-18(15)30-3)20-17(10-26-16)27-21(28-20)22(23,24)13-5-4-6-25-9-13/h4-10H,1-3H3,(H,27,28). The van der Waals surface area contributed by atoms with Crippen molar-refractivity contribution in [2.24, 2.45) is 0 Å². The highest BCUT2D eigenvalue weighted by Gasteiger charge is 2.38. The summed E-state index contributed by atoms with van der Waals surface area (Å²) in [7, 11) is 1.54. The van der Waals surface area contributed by atoms with Crippen LogP contribution in [-0.4, -0.2) is 32.2 Å². The van der Waals surface area contributed by atoms with E-state index in [2.05, 4.69) is 25.1 Å². The number of H-pyrrole nitrogens is 1. The Balaban J connectivity index is 1.72. The third-order valence-corrected chi connectivity index (χ3v) is 5.26. The summed E-state index contributed by atoms with van der Waals surface area (Å²) in [5, 5.41) is 4.59. The molecule has 156 valence electrons. The van der Waals surface area contributed by atoms with E-state index in [1.54, 1.807) is 13.2 Å². The maximum atomic E-state index is 15.0. The zero-order chi connectivity index (χ0) is 21.8. The molecule has 1 aromatic carbocycles. The number of aromatic nitrogens is 5. The molecule has 0 saturated carbocycles. The second-order valence-electron chi connectivity index (χ2n) is 7.19. The second kappa shape index (κ2) is 6.83. The Bertz CT molecular complexity index is 1410. The van der Waals surface area contributed by atoms with Gasteiger partial charge in [-0.2, -0.15) is 8.78 Å². The fraction of sp³-hybridized carbons (Fsp3) is 0.182. The molecule has 0 saturated heterocycles. The Kier molecular flexibility index (Phi) is 4.21. The maximum Gasteiger partial charge on any atom is 0.331 e. The molecule has 4 aromatic heterocycles. The summed E-state index contributed by atoms with van der Waals surface area (Å²) in [5.74, 6) is -2.62. The number of nitrogens with zero attached hydrogens (tertiary/aromatic N) is 4. The van der Waals surface area contributed by atoms with Gasteiger partial charge in [-0.3, -0.25) is 9.97 Å². The van der Waals surface area contributed by atoms with Crippen LogP contribution in [0, 0.1) is 13.8 Å². The minimum atomic E-state index is -3.33. The van der Waals surface area contributed by atoms with Crippen molar-refractivity contribution in [2.75, 3.05) is 7.11 Å². The summed E-state index contributed by atoms with van der Waals surface area (Å²) in [6.07, 6.45) is 4.07. The van der Waals surface area contributed by atoms with Gasteiger partial charge in [0, 0.05) is 28.9 Å². The van der Waals surface area contributed by atoms with Gasteiger partial charge in [0.1, 0.15) is 11.5 Å². The van der Waals surface area contributed by atoms with Crippen molar-refractivity contribution in [3.63, 3.8) is 0 Å². The lowest BCUT2D eigenvalue weighted by Crippen LogP contribution is -2.17. The van der Waals surface area contributed by atoms with Gasteiger partial charge < -0.3 is 14.2 Å². The number of methoxy groups -OCH3 is 1. The first-order valence-corrected chi connectivity index (χ1v) is 9.48. The number of ether oxygens (including phenoxy) is 1.